The highest BCUT2D eigenvalue weighted by Crippen LogP contribution is 2.37. The minimum atomic E-state index is -0.708. The molecule has 0 fully saturated rings. The molecule has 0 unspecified atom stereocenters. The smallest absolute Gasteiger partial charge is 0.419 e. The Morgan fingerprint density at radius 1 is 0.817 bits per heavy atom. The van der Waals surface area contributed by atoms with Crippen molar-refractivity contribution in [3.63, 3.8) is 0 Å². The highest BCUT2D eigenvalue weighted by molar-refractivity contribution is 7.98. The Morgan fingerprint density at radius 3 is 2.27 bits per heavy atom. The molecule has 60 heavy (non-hydrogen) atoms. The molecule has 0 aliphatic carbocycles. The molecule has 13 nitrogen and oxygen atoms in total. The number of thioether (sulfide) groups is 1. The van der Waals surface area contributed by atoms with E-state index >= 15 is 0 Å². The van der Waals surface area contributed by atoms with Gasteiger partial charge in [-0.25, -0.2) is 4.79 Å². The van der Waals surface area contributed by atoms with Crippen molar-refractivity contribution in [2.75, 3.05) is 23.9 Å². The Hall–Kier alpha value is -6.41. The lowest BCUT2D eigenvalue weighted by Gasteiger charge is -2.24. The summed E-state index contributed by atoms with van der Waals surface area (Å²) in [4.78, 5) is 40.6. The van der Waals surface area contributed by atoms with Crippen molar-refractivity contribution in [2.24, 2.45) is 0 Å². The van der Waals surface area contributed by atoms with E-state index in [4.69, 9.17) is 13.9 Å². The molecule has 0 atom stereocenters. The van der Waals surface area contributed by atoms with Gasteiger partial charge in [-0.05, 0) is 48.9 Å². The molecular formula is C46H49N5O8S. The van der Waals surface area contributed by atoms with Crippen LogP contribution in [0.2, 0.25) is 0 Å². The van der Waals surface area contributed by atoms with Crippen molar-refractivity contribution < 1.29 is 33.5 Å². The van der Waals surface area contributed by atoms with E-state index in [1.165, 1.54) is 74.8 Å². The molecule has 1 aromatic heterocycles. The number of carbonyl (C=O) groups is 2. The fourth-order valence-corrected chi connectivity index (χ4v) is 7.64. The lowest BCUT2D eigenvalue weighted by Crippen LogP contribution is -2.35. The van der Waals surface area contributed by atoms with Crippen LogP contribution >= 0.6 is 11.8 Å². The van der Waals surface area contributed by atoms with Crippen LogP contribution in [0.25, 0.3) is 22.2 Å². The number of amides is 2. The molecule has 0 aliphatic rings. The number of anilines is 2. The first-order valence-corrected chi connectivity index (χ1v) is 21.2. The number of nitro groups is 1. The van der Waals surface area contributed by atoms with Crippen LogP contribution in [0.3, 0.4) is 0 Å². The van der Waals surface area contributed by atoms with Crippen molar-refractivity contribution in [1.29, 1.82) is 0 Å². The number of nitrogens with zero attached hydrogens (tertiary/aromatic N) is 4. The summed E-state index contributed by atoms with van der Waals surface area (Å²) in [5.41, 5.74) is 1.91. The Balaban J connectivity index is 1.24. The predicted octanol–water partition coefficient (Wildman–Crippen LogP) is 12.0. The molecule has 0 aliphatic heterocycles. The number of para-hydroxylation sites is 2. The van der Waals surface area contributed by atoms with Gasteiger partial charge >= 0.3 is 6.09 Å². The number of rotatable bonds is 21. The van der Waals surface area contributed by atoms with Gasteiger partial charge in [0, 0.05) is 46.3 Å². The van der Waals surface area contributed by atoms with Crippen LogP contribution < -0.4 is 19.7 Å². The van der Waals surface area contributed by atoms with Gasteiger partial charge in [-0.2, -0.15) is 0 Å². The van der Waals surface area contributed by atoms with Gasteiger partial charge in [0.05, 0.1) is 29.0 Å². The van der Waals surface area contributed by atoms with Crippen molar-refractivity contribution in [3.05, 3.63) is 124 Å². The first-order valence-electron chi connectivity index (χ1n) is 20.2. The topological polar surface area (TPSA) is 170 Å². The van der Waals surface area contributed by atoms with E-state index in [0.29, 0.717) is 52.3 Å². The quantitative estimate of drug-likeness (QED) is 0.0306. The number of aromatic nitrogens is 2. The Bertz CT molecular complexity index is 2390. The number of nitro benzene ring substituents is 1. The zero-order chi connectivity index (χ0) is 42.3. The van der Waals surface area contributed by atoms with Crippen LogP contribution in [-0.2, 0) is 5.75 Å². The Kier molecular flexibility index (Phi) is 15.5. The summed E-state index contributed by atoms with van der Waals surface area (Å²) in [6.45, 7) is 2.51. The first-order chi connectivity index (χ1) is 29.3. The van der Waals surface area contributed by atoms with E-state index in [1.807, 2.05) is 30.3 Å². The number of phenolic OH excluding ortho intramolecular Hbond substituents is 1. The zero-order valence-electron chi connectivity index (χ0n) is 33.8. The van der Waals surface area contributed by atoms with E-state index in [9.17, 15) is 24.8 Å². The van der Waals surface area contributed by atoms with Crippen molar-refractivity contribution in [3.8, 4) is 28.7 Å². The van der Waals surface area contributed by atoms with Crippen LogP contribution in [0.4, 0.5) is 21.9 Å². The van der Waals surface area contributed by atoms with Gasteiger partial charge in [-0.15, -0.1) is 10.2 Å². The number of hydrogen-bond donors (Lipinski definition) is 2. The molecule has 0 saturated heterocycles. The number of phenols is 1. The summed E-state index contributed by atoms with van der Waals surface area (Å²) in [5, 5.41) is 35.5. The average molecular weight is 832 g/mol. The van der Waals surface area contributed by atoms with Crippen molar-refractivity contribution in [2.45, 2.75) is 82.1 Å². The van der Waals surface area contributed by atoms with E-state index < -0.39 is 16.9 Å². The molecule has 0 saturated carbocycles. The number of benzene rings is 5. The number of non-ortho nitro benzene ring substituents is 1. The maximum Gasteiger partial charge on any atom is 0.419 e. The second-order valence-electron chi connectivity index (χ2n) is 14.3. The van der Waals surface area contributed by atoms with Gasteiger partial charge in [-0.1, -0.05) is 125 Å². The van der Waals surface area contributed by atoms with E-state index in [0.717, 1.165) is 36.6 Å². The number of unbranched alkanes of at least 4 members (excludes halogenated alkanes) is 9. The number of carbonyl (C=O) groups excluding carboxylic acids is 2. The molecule has 14 heteroatoms. The SMILES string of the molecule is CCCCCCCCCCCCN(C(=O)Oc1ccc([N+](=O)[O-])cc1CSc1nnc(-c2ccccc2)o1)c1cccc2c(O)c(C(=O)Nc3ccccc3OC)ccc12. The summed E-state index contributed by atoms with van der Waals surface area (Å²) >= 11 is 1.16. The normalized spacial score (nSPS) is 11.0. The number of nitrogens with one attached hydrogen (secondary N) is 1. The Morgan fingerprint density at radius 2 is 1.53 bits per heavy atom. The lowest BCUT2D eigenvalue weighted by atomic mass is 10.0. The number of aromatic hydroxyl groups is 1. The van der Waals surface area contributed by atoms with E-state index in [2.05, 4.69) is 22.4 Å². The maximum atomic E-state index is 14.4. The number of hydrogen-bond acceptors (Lipinski definition) is 11. The van der Waals surface area contributed by atoms with Gasteiger partial charge in [-0.3, -0.25) is 19.8 Å². The predicted molar refractivity (Wildman–Crippen MR) is 234 cm³/mol. The average Bonchev–Trinajstić information content (AvgIpc) is 3.75. The summed E-state index contributed by atoms with van der Waals surface area (Å²) in [5.74, 6) is 0.271. The van der Waals surface area contributed by atoms with Crippen LogP contribution in [0.15, 0.2) is 113 Å². The minimum absolute atomic E-state index is 0.0412. The largest absolute Gasteiger partial charge is 0.506 e. The number of fused-ring (bicyclic) bond motifs is 1. The molecule has 0 spiro atoms. The van der Waals surface area contributed by atoms with Crippen molar-refractivity contribution >= 4 is 51.6 Å². The third kappa shape index (κ3) is 11.2. The van der Waals surface area contributed by atoms with Gasteiger partial charge in [0.25, 0.3) is 16.8 Å². The van der Waals surface area contributed by atoms with Gasteiger partial charge < -0.3 is 24.3 Å². The zero-order valence-corrected chi connectivity index (χ0v) is 34.6. The summed E-state index contributed by atoms with van der Waals surface area (Å²) < 4.78 is 17.3. The van der Waals surface area contributed by atoms with Gasteiger partial charge in [0.15, 0.2) is 0 Å². The molecule has 6 aromatic rings. The van der Waals surface area contributed by atoms with Crippen molar-refractivity contribution in [1.82, 2.24) is 10.2 Å². The minimum Gasteiger partial charge on any atom is -0.506 e. The summed E-state index contributed by atoms with van der Waals surface area (Å²) in [6, 6.07) is 28.7. The van der Waals surface area contributed by atoms with Crippen LogP contribution in [0, 0.1) is 10.1 Å². The molecular weight excluding hydrogens is 783 g/mol. The highest BCUT2D eigenvalue weighted by Gasteiger charge is 2.25. The lowest BCUT2D eigenvalue weighted by molar-refractivity contribution is -0.384. The maximum absolute atomic E-state index is 14.4. The third-order valence-electron chi connectivity index (χ3n) is 10.1. The molecule has 2 N–H and O–H groups in total. The monoisotopic (exact) mass is 831 g/mol. The summed E-state index contributed by atoms with van der Waals surface area (Å²) in [6.07, 6.45) is 10.4. The molecule has 0 bridgehead atoms. The standard InChI is InChI=1S/C46H49N5O8S/c1-3-4-5-6-7-8-9-10-11-17-29-50(39-23-18-21-36-35(39)26-27-37(42(36)52)43(53)47-38-22-15-16-24-41(38)57-2)46(54)58-40-28-25-34(51(55)56)30-33(40)31-60-45-49-48-44(59-45)32-19-13-12-14-20-32/h12-16,18-28,30,52H,3-11,17,29,31H2,1-2H3,(H,47,53). The number of methoxy groups -OCH3 is 1. The second-order valence-corrected chi connectivity index (χ2v) is 15.2. The summed E-state index contributed by atoms with van der Waals surface area (Å²) in [7, 11) is 1.51. The fraction of sp³-hybridized carbons (Fsp3) is 0.304. The molecule has 2 amide bonds. The molecule has 0 radical (unpaired) electrons. The molecule has 1 heterocycles. The van der Waals surface area contributed by atoms with Gasteiger partial charge in [0.2, 0.25) is 5.89 Å². The van der Waals surface area contributed by atoms with E-state index in [-0.39, 0.29) is 33.7 Å². The fourth-order valence-electron chi connectivity index (χ4n) is 6.89. The molecule has 5 aromatic carbocycles. The third-order valence-corrected chi connectivity index (χ3v) is 11.0. The number of ether oxygens (including phenoxy) is 2. The van der Waals surface area contributed by atoms with Gasteiger partial charge in [0.1, 0.15) is 17.2 Å². The van der Waals surface area contributed by atoms with Crippen LogP contribution in [0.5, 0.6) is 17.2 Å². The first kappa shape index (κ1) is 43.2. The van der Waals surface area contributed by atoms with E-state index in [1.54, 1.807) is 48.5 Å². The second kappa shape index (κ2) is 21.6. The van der Waals surface area contributed by atoms with Crippen LogP contribution in [-0.4, -0.2) is 45.9 Å². The highest BCUT2D eigenvalue weighted by atomic mass is 32.2. The van der Waals surface area contributed by atoms with Crippen LogP contribution in [0.1, 0.15) is 87.1 Å². The molecule has 312 valence electrons. The molecule has 6 rings (SSSR count). The Labute approximate surface area is 353 Å².